The van der Waals surface area contributed by atoms with E-state index in [-0.39, 0.29) is 0 Å². The maximum atomic E-state index is 10.7. The highest BCUT2D eigenvalue weighted by Crippen LogP contribution is 2.38. The van der Waals surface area contributed by atoms with Gasteiger partial charge in [-0.05, 0) is 67.2 Å². The van der Waals surface area contributed by atoms with Gasteiger partial charge in [0.25, 0.3) is 0 Å². The fraction of sp³-hybridized carbons (Fsp3) is 0.474. The highest BCUT2D eigenvalue weighted by Gasteiger charge is 2.21. The fourth-order valence-corrected chi connectivity index (χ4v) is 4.78. The van der Waals surface area contributed by atoms with E-state index in [0.717, 1.165) is 16.4 Å². The Balaban J connectivity index is 1.55. The van der Waals surface area contributed by atoms with Gasteiger partial charge >= 0.3 is 0 Å². The van der Waals surface area contributed by atoms with Gasteiger partial charge in [-0.2, -0.15) is 0 Å². The van der Waals surface area contributed by atoms with Gasteiger partial charge in [0.2, 0.25) is 0 Å². The zero-order chi connectivity index (χ0) is 14.2. The van der Waals surface area contributed by atoms with Crippen LogP contribution in [0.1, 0.15) is 70.6 Å². The lowest BCUT2D eigenvalue weighted by Gasteiger charge is -2.26. The smallest absolute Gasteiger partial charge is 0.113 e. The maximum absolute atomic E-state index is 10.7. The van der Waals surface area contributed by atoms with Gasteiger partial charge in [0, 0.05) is 9.75 Å². The molecule has 2 aromatic rings. The molecular formula is C19H22OS. The third-order valence-corrected chi connectivity index (χ3v) is 6.40. The lowest BCUT2D eigenvalue weighted by Crippen LogP contribution is -2.08. The van der Waals surface area contributed by atoms with Crippen molar-refractivity contribution in [3.05, 3.63) is 56.8 Å². The Kier molecular flexibility index (Phi) is 3.60. The van der Waals surface area contributed by atoms with Crippen LogP contribution in [0, 0.1) is 0 Å². The Labute approximate surface area is 130 Å². The van der Waals surface area contributed by atoms with Crippen molar-refractivity contribution >= 4 is 11.3 Å². The summed E-state index contributed by atoms with van der Waals surface area (Å²) in [6, 6.07) is 10.9. The molecule has 2 aliphatic rings. The molecule has 4 rings (SSSR count). The SMILES string of the molecule is OC(c1ccc(C2CCC2)cc1)c1cc2c(s1)CCCC2. The number of hydrogen-bond donors (Lipinski definition) is 1. The molecule has 1 saturated carbocycles. The number of thiophene rings is 1. The molecule has 0 amide bonds. The van der Waals surface area contributed by atoms with E-state index in [1.165, 1.54) is 60.9 Å². The molecule has 0 bridgehead atoms. The first kappa shape index (κ1) is 13.5. The van der Waals surface area contributed by atoms with Crippen LogP contribution in [0.5, 0.6) is 0 Å². The number of rotatable bonds is 3. The minimum absolute atomic E-state index is 0.448. The number of benzene rings is 1. The summed E-state index contributed by atoms with van der Waals surface area (Å²) in [5.74, 6) is 0.769. The Morgan fingerprint density at radius 3 is 2.43 bits per heavy atom. The summed E-state index contributed by atoms with van der Waals surface area (Å²) in [4.78, 5) is 2.62. The van der Waals surface area contributed by atoms with Gasteiger partial charge in [-0.25, -0.2) is 0 Å². The molecular weight excluding hydrogens is 276 g/mol. The normalized spacial score (nSPS) is 19.9. The van der Waals surface area contributed by atoms with Crippen molar-refractivity contribution in [1.29, 1.82) is 0 Å². The van der Waals surface area contributed by atoms with Crippen LogP contribution in [-0.4, -0.2) is 5.11 Å². The van der Waals surface area contributed by atoms with Crippen LogP contribution < -0.4 is 0 Å². The minimum atomic E-state index is -0.448. The summed E-state index contributed by atoms with van der Waals surface area (Å²) >= 11 is 1.81. The summed E-state index contributed by atoms with van der Waals surface area (Å²) in [6.45, 7) is 0. The van der Waals surface area contributed by atoms with E-state index < -0.39 is 6.10 Å². The molecule has 1 aromatic carbocycles. The number of hydrogen-bond acceptors (Lipinski definition) is 2. The van der Waals surface area contributed by atoms with Crippen molar-refractivity contribution < 1.29 is 5.11 Å². The molecule has 110 valence electrons. The molecule has 2 aliphatic carbocycles. The van der Waals surface area contributed by atoms with Crippen molar-refractivity contribution in [3.8, 4) is 0 Å². The summed E-state index contributed by atoms with van der Waals surface area (Å²) in [7, 11) is 0. The van der Waals surface area contributed by atoms with Gasteiger partial charge < -0.3 is 5.11 Å². The number of aliphatic hydroxyl groups is 1. The second-order valence-corrected chi connectivity index (χ2v) is 7.67. The number of fused-ring (bicyclic) bond motifs is 1. The van der Waals surface area contributed by atoms with Gasteiger partial charge in [0.05, 0.1) is 0 Å². The van der Waals surface area contributed by atoms with E-state index in [4.69, 9.17) is 0 Å². The van der Waals surface area contributed by atoms with Crippen molar-refractivity contribution in [1.82, 2.24) is 0 Å². The third kappa shape index (κ3) is 2.56. The predicted molar refractivity (Wildman–Crippen MR) is 88.1 cm³/mol. The molecule has 2 heteroatoms. The maximum Gasteiger partial charge on any atom is 0.113 e. The Hall–Kier alpha value is -1.12. The Bertz CT molecular complexity index is 598. The van der Waals surface area contributed by atoms with E-state index in [2.05, 4.69) is 30.3 Å². The molecule has 1 fully saturated rings. The van der Waals surface area contributed by atoms with Gasteiger partial charge in [-0.15, -0.1) is 11.3 Å². The monoisotopic (exact) mass is 298 g/mol. The second kappa shape index (κ2) is 5.58. The van der Waals surface area contributed by atoms with Gasteiger partial charge in [-0.3, -0.25) is 0 Å². The first-order chi connectivity index (χ1) is 10.3. The van der Waals surface area contributed by atoms with Crippen LogP contribution in [0.4, 0.5) is 0 Å². The zero-order valence-corrected chi connectivity index (χ0v) is 13.2. The van der Waals surface area contributed by atoms with Crippen LogP contribution in [0.2, 0.25) is 0 Å². The van der Waals surface area contributed by atoms with Crippen molar-refractivity contribution in [2.75, 3.05) is 0 Å². The molecule has 1 heterocycles. The highest BCUT2D eigenvalue weighted by molar-refractivity contribution is 7.12. The molecule has 1 nitrogen and oxygen atoms in total. The number of aliphatic hydroxyl groups excluding tert-OH is 1. The topological polar surface area (TPSA) is 20.2 Å². The summed E-state index contributed by atoms with van der Waals surface area (Å²) in [5.41, 5.74) is 3.96. The summed E-state index contributed by atoms with van der Waals surface area (Å²) in [5, 5.41) is 10.7. The molecule has 1 unspecified atom stereocenters. The zero-order valence-electron chi connectivity index (χ0n) is 12.3. The standard InChI is InChI=1S/C19H22OS/c20-19(18-12-16-4-1-2-7-17(16)21-18)15-10-8-14(9-11-15)13-5-3-6-13/h8-13,19-20H,1-7H2. The van der Waals surface area contributed by atoms with Gasteiger partial charge in [0.15, 0.2) is 0 Å². The van der Waals surface area contributed by atoms with Gasteiger partial charge in [-0.1, -0.05) is 30.7 Å². The van der Waals surface area contributed by atoms with E-state index in [1.807, 2.05) is 11.3 Å². The lowest BCUT2D eigenvalue weighted by atomic mass is 9.80. The molecule has 0 saturated heterocycles. The predicted octanol–water partition coefficient (Wildman–Crippen LogP) is 4.98. The third-order valence-electron chi connectivity index (χ3n) is 5.11. The van der Waals surface area contributed by atoms with Crippen LogP contribution >= 0.6 is 11.3 Å². The molecule has 0 aliphatic heterocycles. The second-order valence-electron chi connectivity index (χ2n) is 6.50. The molecule has 1 atom stereocenters. The average Bonchev–Trinajstić information content (AvgIpc) is 2.89. The first-order valence-corrected chi connectivity index (χ1v) is 9.02. The summed E-state index contributed by atoms with van der Waals surface area (Å²) < 4.78 is 0. The average molecular weight is 298 g/mol. The van der Waals surface area contributed by atoms with Crippen molar-refractivity contribution in [3.63, 3.8) is 0 Å². The minimum Gasteiger partial charge on any atom is -0.383 e. The Morgan fingerprint density at radius 1 is 1.00 bits per heavy atom. The van der Waals surface area contributed by atoms with Gasteiger partial charge in [0.1, 0.15) is 6.10 Å². The van der Waals surface area contributed by atoms with Crippen LogP contribution in [0.15, 0.2) is 30.3 Å². The van der Waals surface area contributed by atoms with Crippen LogP contribution in [0.3, 0.4) is 0 Å². The molecule has 21 heavy (non-hydrogen) atoms. The van der Waals surface area contributed by atoms with E-state index in [1.54, 1.807) is 0 Å². The molecule has 1 N–H and O–H groups in total. The summed E-state index contributed by atoms with van der Waals surface area (Å²) in [6.07, 6.45) is 8.59. The van der Waals surface area contributed by atoms with E-state index in [9.17, 15) is 5.11 Å². The van der Waals surface area contributed by atoms with Crippen LogP contribution in [0.25, 0.3) is 0 Å². The molecule has 0 radical (unpaired) electrons. The van der Waals surface area contributed by atoms with Crippen molar-refractivity contribution in [2.24, 2.45) is 0 Å². The largest absolute Gasteiger partial charge is 0.383 e. The highest BCUT2D eigenvalue weighted by atomic mass is 32.1. The fourth-order valence-electron chi connectivity index (χ4n) is 3.50. The Morgan fingerprint density at radius 2 is 1.76 bits per heavy atom. The van der Waals surface area contributed by atoms with E-state index in [0.29, 0.717) is 0 Å². The first-order valence-electron chi connectivity index (χ1n) is 8.20. The lowest BCUT2D eigenvalue weighted by molar-refractivity contribution is 0.224. The van der Waals surface area contributed by atoms with Crippen molar-refractivity contribution in [2.45, 2.75) is 57.0 Å². The number of aryl methyl sites for hydroxylation is 2. The van der Waals surface area contributed by atoms with E-state index >= 15 is 0 Å². The quantitative estimate of drug-likeness (QED) is 0.847. The molecule has 0 spiro atoms. The molecule has 1 aromatic heterocycles. The van der Waals surface area contributed by atoms with Crippen LogP contribution in [-0.2, 0) is 12.8 Å².